The van der Waals surface area contributed by atoms with Crippen molar-refractivity contribution >= 4 is 5.97 Å². The van der Waals surface area contributed by atoms with Crippen LogP contribution in [0.3, 0.4) is 0 Å². The number of nitrogens with two attached hydrogens (primary N) is 1. The van der Waals surface area contributed by atoms with Gasteiger partial charge in [-0.05, 0) is 24.5 Å². The molecule has 1 aromatic rings. The fourth-order valence-electron chi connectivity index (χ4n) is 1.35. The third-order valence-corrected chi connectivity index (χ3v) is 2.07. The summed E-state index contributed by atoms with van der Waals surface area (Å²) in [4.78, 5) is 10.5. The highest BCUT2D eigenvalue weighted by Gasteiger charge is 2.12. The van der Waals surface area contributed by atoms with Crippen molar-refractivity contribution in [1.29, 1.82) is 0 Å². The van der Waals surface area contributed by atoms with Gasteiger partial charge in [-0.2, -0.15) is 0 Å². The molecule has 0 aromatic carbocycles. The van der Waals surface area contributed by atoms with E-state index < -0.39 is 12.0 Å². The van der Waals surface area contributed by atoms with Crippen LogP contribution in [0.15, 0.2) is 18.5 Å². The molecule has 0 amide bonds. The molecule has 0 bridgehead atoms. The lowest BCUT2D eigenvalue weighted by molar-refractivity contribution is -0.138. The van der Waals surface area contributed by atoms with Gasteiger partial charge >= 0.3 is 5.97 Å². The second kappa shape index (κ2) is 4.81. The summed E-state index contributed by atoms with van der Waals surface area (Å²) in [5.74, 6) is -0.951. The van der Waals surface area contributed by atoms with Gasteiger partial charge < -0.3 is 15.4 Å². The first-order chi connectivity index (χ1) is 6.63. The Morgan fingerprint density at radius 3 is 3.00 bits per heavy atom. The minimum atomic E-state index is -0.951. The molecule has 0 saturated heterocycles. The third-order valence-electron chi connectivity index (χ3n) is 2.07. The number of carbonyl (C=O) groups is 1. The van der Waals surface area contributed by atoms with Crippen LogP contribution in [-0.4, -0.2) is 21.7 Å². The largest absolute Gasteiger partial charge is 0.480 e. The number of carboxylic acids is 1. The molecular formula is C10H16N2O2. The fraction of sp³-hybridized carbons (Fsp3) is 0.500. The van der Waals surface area contributed by atoms with Crippen LogP contribution in [0.5, 0.6) is 0 Å². The summed E-state index contributed by atoms with van der Waals surface area (Å²) in [5.41, 5.74) is 6.40. The Hall–Kier alpha value is -1.29. The maximum atomic E-state index is 10.5. The lowest BCUT2D eigenvalue weighted by Crippen LogP contribution is -2.32. The van der Waals surface area contributed by atoms with Crippen LogP contribution in [0.25, 0.3) is 0 Å². The molecule has 4 nitrogen and oxygen atoms in total. The predicted octanol–water partition coefficient (Wildman–Crippen LogP) is 0.853. The summed E-state index contributed by atoms with van der Waals surface area (Å²) >= 11 is 0. The van der Waals surface area contributed by atoms with E-state index in [4.69, 9.17) is 10.8 Å². The first kappa shape index (κ1) is 10.8. The lowest BCUT2D eigenvalue weighted by atomic mass is 10.1. The molecule has 3 N–H and O–H groups in total. The fourth-order valence-corrected chi connectivity index (χ4v) is 1.35. The predicted molar refractivity (Wildman–Crippen MR) is 54.0 cm³/mol. The molecule has 1 heterocycles. The van der Waals surface area contributed by atoms with Gasteiger partial charge in [-0.15, -0.1) is 0 Å². The minimum absolute atomic E-state index is 0.395. The molecule has 0 aliphatic heterocycles. The second-order valence-electron chi connectivity index (χ2n) is 3.41. The Bertz CT molecular complexity index is 307. The molecule has 0 spiro atoms. The molecule has 78 valence electrons. The molecule has 1 atom stereocenters. The van der Waals surface area contributed by atoms with Crippen LogP contribution >= 0.6 is 0 Å². The van der Waals surface area contributed by atoms with Gasteiger partial charge in [0.15, 0.2) is 0 Å². The highest BCUT2D eigenvalue weighted by Crippen LogP contribution is 2.05. The maximum absolute atomic E-state index is 10.5. The number of hydrogen-bond acceptors (Lipinski definition) is 2. The van der Waals surface area contributed by atoms with Crippen molar-refractivity contribution in [3.63, 3.8) is 0 Å². The topological polar surface area (TPSA) is 68.2 Å². The van der Waals surface area contributed by atoms with E-state index in [-0.39, 0.29) is 0 Å². The highest BCUT2D eigenvalue weighted by molar-refractivity contribution is 5.73. The van der Waals surface area contributed by atoms with Crippen LogP contribution in [-0.2, 0) is 17.8 Å². The number of rotatable bonds is 5. The molecule has 0 aliphatic carbocycles. The van der Waals surface area contributed by atoms with Crippen molar-refractivity contribution in [2.24, 2.45) is 5.73 Å². The van der Waals surface area contributed by atoms with Gasteiger partial charge in [-0.25, -0.2) is 0 Å². The monoisotopic (exact) mass is 196 g/mol. The number of nitrogens with zero attached hydrogens (tertiary/aromatic N) is 1. The van der Waals surface area contributed by atoms with E-state index in [0.29, 0.717) is 6.42 Å². The van der Waals surface area contributed by atoms with Gasteiger partial charge in [-0.1, -0.05) is 6.92 Å². The summed E-state index contributed by atoms with van der Waals surface area (Å²) in [6.45, 7) is 3.06. The van der Waals surface area contributed by atoms with Crippen LogP contribution in [0, 0.1) is 0 Å². The summed E-state index contributed by atoms with van der Waals surface area (Å²) in [6.07, 6.45) is 5.37. The number of aromatic nitrogens is 1. The number of carboxylic acid groups (broad SMARTS) is 1. The van der Waals surface area contributed by atoms with E-state index in [2.05, 4.69) is 6.92 Å². The van der Waals surface area contributed by atoms with Gasteiger partial charge in [-0.3, -0.25) is 4.79 Å². The van der Waals surface area contributed by atoms with Crippen molar-refractivity contribution < 1.29 is 9.90 Å². The zero-order valence-electron chi connectivity index (χ0n) is 8.31. The Kier molecular flexibility index (Phi) is 3.71. The number of aryl methyl sites for hydroxylation is 1. The average molecular weight is 196 g/mol. The molecule has 0 aliphatic rings. The van der Waals surface area contributed by atoms with E-state index >= 15 is 0 Å². The quantitative estimate of drug-likeness (QED) is 0.733. The Morgan fingerprint density at radius 1 is 1.71 bits per heavy atom. The maximum Gasteiger partial charge on any atom is 0.320 e. The van der Waals surface area contributed by atoms with Crippen molar-refractivity contribution in [2.45, 2.75) is 32.4 Å². The summed E-state index contributed by atoms with van der Waals surface area (Å²) < 4.78 is 2.05. The van der Waals surface area contributed by atoms with Crippen molar-refractivity contribution in [3.05, 3.63) is 24.0 Å². The second-order valence-corrected chi connectivity index (χ2v) is 3.41. The van der Waals surface area contributed by atoms with Crippen LogP contribution in [0.1, 0.15) is 18.9 Å². The molecule has 0 saturated carbocycles. The number of aliphatic carboxylic acids is 1. The molecular weight excluding hydrogens is 180 g/mol. The zero-order chi connectivity index (χ0) is 10.6. The van der Waals surface area contributed by atoms with Crippen LogP contribution in [0.2, 0.25) is 0 Å². The van der Waals surface area contributed by atoms with E-state index in [1.807, 2.05) is 23.0 Å². The lowest BCUT2D eigenvalue weighted by Gasteiger charge is -2.03. The third kappa shape index (κ3) is 2.88. The first-order valence-electron chi connectivity index (χ1n) is 4.76. The van der Waals surface area contributed by atoms with Crippen molar-refractivity contribution in [2.75, 3.05) is 0 Å². The van der Waals surface area contributed by atoms with E-state index in [1.54, 1.807) is 0 Å². The molecule has 1 aromatic heterocycles. The Labute approximate surface area is 83.3 Å². The SMILES string of the molecule is CCCn1ccc(CC(N)C(=O)O)c1. The van der Waals surface area contributed by atoms with Crippen LogP contribution < -0.4 is 5.73 Å². The average Bonchev–Trinajstić information content (AvgIpc) is 2.53. The first-order valence-corrected chi connectivity index (χ1v) is 4.76. The van der Waals surface area contributed by atoms with Crippen molar-refractivity contribution in [3.8, 4) is 0 Å². The normalized spacial score (nSPS) is 12.7. The van der Waals surface area contributed by atoms with Gasteiger partial charge in [0.25, 0.3) is 0 Å². The zero-order valence-corrected chi connectivity index (χ0v) is 8.31. The van der Waals surface area contributed by atoms with Gasteiger partial charge in [0, 0.05) is 18.9 Å². The molecule has 0 fully saturated rings. The number of hydrogen-bond donors (Lipinski definition) is 2. The summed E-state index contributed by atoms with van der Waals surface area (Å²) in [6, 6.07) is 1.12. The standard InChI is InChI=1S/C10H16N2O2/c1-2-4-12-5-3-8(7-12)6-9(11)10(13)14/h3,5,7,9H,2,4,6,11H2,1H3,(H,13,14). The minimum Gasteiger partial charge on any atom is -0.480 e. The van der Waals surface area contributed by atoms with E-state index in [1.165, 1.54) is 0 Å². The van der Waals surface area contributed by atoms with Gasteiger partial charge in [0.05, 0.1) is 0 Å². The highest BCUT2D eigenvalue weighted by atomic mass is 16.4. The molecule has 14 heavy (non-hydrogen) atoms. The smallest absolute Gasteiger partial charge is 0.320 e. The molecule has 0 radical (unpaired) electrons. The molecule has 1 rings (SSSR count). The Balaban J connectivity index is 2.55. The van der Waals surface area contributed by atoms with Gasteiger partial charge in [0.1, 0.15) is 6.04 Å². The molecule has 4 heteroatoms. The van der Waals surface area contributed by atoms with E-state index in [9.17, 15) is 4.79 Å². The van der Waals surface area contributed by atoms with Crippen LogP contribution in [0.4, 0.5) is 0 Å². The molecule has 1 unspecified atom stereocenters. The van der Waals surface area contributed by atoms with Crippen molar-refractivity contribution in [1.82, 2.24) is 4.57 Å². The van der Waals surface area contributed by atoms with Gasteiger partial charge in [0.2, 0.25) is 0 Å². The van der Waals surface area contributed by atoms with E-state index in [0.717, 1.165) is 18.5 Å². The summed E-state index contributed by atoms with van der Waals surface area (Å²) in [7, 11) is 0. The Morgan fingerprint density at radius 2 is 2.43 bits per heavy atom. The summed E-state index contributed by atoms with van der Waals surface area (Å²) in [5, 5.41) is 8.62.